The first kappa shape index (κ1) is 20.7. The number of rotatable bonds is 8. The van der Waals surface area contributed by atoms with Gasteiger partial charge in [0.05, 0.1) is 10.9 Å². The third kappa shape index (κ3) is 5.47. The van der Waals surface area contributed by atoms with Crippen molar-refractivity contribution in [3.8, 4) is 5.69 Å². The standard InChI is InChI=1S/C20H20FN5O2S/c1-13(19(28)16-8-6-15(7-9-16)10-11-22-14(2)27)29-20-23-24-25-26(20)18-5-3-4-17(21)12-18/h3-9,12-13H,10-11H2,1-2H3,(H,22,27)/t13-/m1/s1. The van der Waals surface area contributed by atoms with Crippen LogP contribution in [0, 0.1) is 5.82 Å². The smallest absolute Gasteiger partial charge is 0.216 e. The van der Waals surface area contributed by atoms with Gasteiger partial charge in [0, 0.05) is 19.0 Å². The Labute approximate surface area is 171 Å². The fourth-order valence-corrected chi connectivity index (χ4v) is 3.57. The Kier molecular flexibility index (Phi) is 6.71. The summed E-state index contributed by atoms with van der Waals surface area (Å²) in [5.41, 5.74) is 2.10. The molecule has 3 rings (SSSR count). The highest BCUT2D eigenvalue weighted by Gasteiger charge is 2.20. The Morgan fingerprint density at radius 2 is 1.97 bits per heavy atom. The molecule has 0 bridgehead atoms. The van der Waals surface area contributed by atoms with Crippen LogP contribution in [0.15, 0.2) is 53.7 Å². The van der Waals surface area contributed by atoms with E-state index in [0.717, 1.165) is 5.56 Å². The number of ketones is 1. The van der Waals surface area contributed by atoms with Crippen molar-refractivity contribution in [3.05, 3.63) is 65.5 Å². The summed E-state index contributed by atoms with van der Waals surface area (Å²) in [5.74, 6) is -0.517. The number of aromatic nitrogens is 4. The lowest BCUT2D eigenvalue weighted by atomic mass is 10.0. The van der Waals surface area contributed by atoms with Gasteiger partial charge in [0.1, 0.15) is 5.82 Å². The van der Waals surface area contributed by atoms with E-state index in [2.05, 4.69) is 20.8 Å². The number of thioether (sulfide) groups is 1. The number of Topliss-reactive ketones (excluding diaryl/α,β-unsaturated/α-hetero) is 1. The molecule has 0 aliphatic rings. The largest absolute Gasteiger partial charge is 0.356 e. The molecule has 9 heteroatoms. The lowest BCUT2D eigenvalue weighted by Crippen LogP contribution is -2.22. The van der Waals surface area contributed by atoms with Crippen LogP contribution in [0.25, 0.3) is 5.69 Å². The molecule has 2 aromatic carbocycles. The molecule has 150 valence electrons. The highest BCUT2D eigenvalue weighted by molar-refractivity contribution is 8.00. The monoisotopic (exact) mass is 413 g/mol. The second-order valence-electron chi connectivity index (χ2n) is 6.41. The summed E-state index contributed by atoms with van der Waals surface area (Å²) in [6.45, 7) is 3.81. The maximum absolute atomic E-state index is 13.5. The van der Waals surface area contributed by atoms with Crippen molar-refractivity contribution in [1.82, 2.24) is 25.5 Å². The minimum atomic E-state index is -0.432. The van der Waals surface area contributed by atoms with Gasteiger partial charge in [0.25, 0.3) is 0 Å². The molecule has 1 heterocycles. The van der Waals surface area contributed by atoms with Gasteiger partial charge < -0.3 is 5.32 Å². The van der Waals surface area contributed by atoms with Crippen LogP contribution in [-0.4, -0.2) is 43.7 Å². The van der Waals surface area contributed by atoms with E-state index in [4.69, 9.17) is 0 Å². The van der Waals surface area contributed by atoms with Crippen LogP contribution in [0.3, 0.4) is 0 Å². The summed E-state index contributed by atoms with van der Waals surface area (Å²) in [7, 11) is 0. The van der Waals surface area contributed by atoms with Crippen molar-refractivity contribution in [2.45, 2.75) is 30.7 Å². The summed E-state index contributed by atoms with van der Waals surface area (Å²) < 4.78 is 14.9. The lowest BCUT2D eigenvalue weighted by molar-refractivity contribution is -0.118. The van der Waals surface area contributed by atoms with Crippen molar-refractivity contribution in [2.75, 3.05) is 6.54 Å². The zero-order valence-corrected chi connectivity index (χ0v) is 16.8. The lowest BCUT2D eigenvalue weighted by Gasteiger charge is -2.11. The molecule has 0 radical (unpaired) electrons. The predicted octanol–water partition coefficient (Wildman–Crippen LogP) is 2.84. The molecule has 3 aromatic rings. The molecule has 0 saturated carbocycles. The molecule has 0 saturated heterocycles. The van der Waals surface area contributed by atoms with Crippen molar-refractivity contribution in [1.29, 1.82) is 0 Å². The van der Waals surface area contributed by atoms with Gasteiger partial charge in [0.15, 0.2) is 5.78 Å². The number of hydrogen-bond acceptors (Lipinski definition) is 6. The number of hydrogen-bond donors (Lipinski definition) is 1. The molecule has 29 heavy (non-hydrogen) atoms. The molecule has 0 aliphatic carbocycles. The molecule has 1 N–H and O–H groups in total. The summed E-state index contributed by atoms with van der Waals surface area (Å²) in [5, 5.41) is 14.2. The van der Waals surface area contributed by atoms with E-state index in [-0.39, 0.29) is 11.7 Å². The van der Waals surface area contributed by atoms with E-state index in [0.29, 0.717) is 29.4 Å². The first-order valence-corrected chi connectivity index (χ1v) is 9.90. The third-order valence-corrected chi connectivity index (χ3v) is 5.20. The summed E-state index contributed by atoms with van der Waals surface area (Å²) >= 11 is 1.21. The predicted molar refractivity (Wildman–Crippen MR) is 108 cm³/mol. The zero-order valence-electron chi connectivity index (χ0n) is 16.0. The van der Waals surface area contributed by atoms with Crippen molar-refractivity contribution >= 4 is 23.5 Å². The van der Waals surface area contributed by atoms with Crippen LogP contribution >= 0.6 is 11.8 Å². The second kappa shape index (κ2) is 9.42. The van der Waals surface area contributed by atoms with E-state index in [9.17, 15) is 14.0 Å². The molecule has 7 nitrogen and oxygen atoms in total. The topological polar surface area (TPSA) is 89.8 Å². The van der Waals surface area contributed by atoms with Gasteiger partial charge in [-0.1, -0.05) is 42.1 Å². The minimum Gasteiger partial charge on any atom is -0.356 e. The number of halogens is 1. The van der Waals surface area contributed by atoms with Crippen molar-refractivity contribution in [2.24, 2.45) is 0 Å². The van der Waals surface area contributed by atoms with Crippen LogP contribution in [-0.2, 0) is 11.2 Å². The van der Waals surface area contributed by atoms with Gasteiger partial charge in [-0.25, -0.2) is 4.39 Å². The van der Waals surface area contributed by atoms with Crippen LogP contribution in [0.4, 0.5) is 4.39 Å². The molecular weight excluding hydrogens is 393 g/mol. The fourth-order valence-electron chi connectivity index (χ4n) is 2.69. The van der Waals surface area contributed by atoms with Crippen LogP contribution in [0.1, 0.15) is 29.8 Å². The van der Waals surface area contributed by atoms with Gasteiger partial charge in [-0.05, 0) is 47.5 Å². The van der Waals surface area contributed by atoms with E-state index in [1.807, 2.05) is 12.1 Å². The Bertz CT molecular complexity index is 1010. The molecule has 1 aromatic heterocycles. The summed E-state index contributed by atoms with van der Waals surface area (Å²) in [6.07, 6.45) is 0.695. The SMILES string of the molecule is CC(=O)NCCc1ccc(C(=O)[C@@H](C)Sc2nnnn2-c2cccc(F)c2)cc1. The van der Waals surface area contributed by atoms with Gasteiger partial charge >= 0.3 is 0 Å². The average molecular weight is 413 g/mol. The fraction of sp³-hybridized carbons (Fsp3) is 0.250. The number of carbonyl (C=O) groups is 2. The molecule has 1 amide bonds. The van der Waals surface area contributed by atoms with Gasteiger partial charge in [-0.15, -0.1) is 5.10 Å². The van der Waals surface area contributed by atoms with Crippen LogP contribution in [0.5, 0.6) is 0 Å². The Hall–Kier alpha value is -3.07. The number of carbonyl (C=O) groups excluding carboxylic acids is 2. The molecular formula is C20H20FN5O2S. The van der Waals surface area contributed by atoms with Gasteiger partial charge in [-0.3, -0.25) is 9.59 Å². The normalized spacial score (nSPS) is 11.8. The number of nitrogens with one attached hydrogen (secondary N) is 1. The first-order chi connectivity index (χ1) is 13.9. The molecule has 1 atom stereocenters. The highest BCUT2D eigenvalue weighted by atomic mass is 32.2. The summed E-state index contributed by atoms with van der Waals surface area (Å²) in [4.78, 5) is 23.7. The quantitative estimate of drug-likeness (QED) is 0.451. The van der Waals surface area contributed by atoms with Crippen molar-refractivity contribution in [3.63, 3.8) is 0 Å². The second-order valence-corrected chi connectivity index (χ2v) is 7.72. The van der Waals surface area contributed by atoms with Crippen molar-refractivity contribution < 1.29 is 14.0 Å². The number of amides is 1. The van der Waals surface area contributed by atoms with Crippen LogP contribution < -0.4 is 5.32 Å². The minimum absolute atomic E-state index is 0.0581. The van der Waals surface area contributed by atoms with E-state index >= 15 is 0 Å². The highest BCUT2D eigenvalue weighted by Crippen LogP contribution is 2.25. The molecule has 0 fully saturated rings. The third-order valence-electron chi connectivity index (χ3n) is 4.17. The van der Waals surface area contributed by atoms with E-state index < -0.39 is 11.1 Å². The molecule has 0 unspecified atom stereocenters. The Balaban J connectivity index is 1.66. The molecule has 0 aliphatic heterocycles. The maximum Gasteiger partial charge on any atom is 0.216 e. The number of nitrogens with zero attached hydrogens (tertiary/aromatic N) is 4. The summed E-state index contributed by atoms with van der Waals surface area (Å²) in [6, 6.07) is 13.2. The van der Waals surface area contributed by atoms with E-state index in [1.165, 1.54) is 35.5 Å². The first-order valence-electron chi connectivity index (χ1n) is 9.02. The Morgan fingerprint density at radius 1 is 1.21 bits per heavy atom. The number of benzene rings is 2. The van der Waals surface area contributed by atoms with Crippen LogP contribution in [0.2, 0.25) is 0 Å². The average Bonchev–Trinajstić information content (AvgIpc) is 3.16. The Morgan fingerprint density at radius 3 is 2.66 bits per heavy atom. The van der Waals surface area contributed by atoms with Gasteiger partial charge in [-0.2, -0.15) is 4.68 Å². The van der Waals surface area contributed by atoms with Gasteiger partial charge in [0.2, 0.25) is 11.1 Å². The maximum atomic E-state index is 13.5. The molecule has 0 spiro atoms. The zero-order chi connectivity index (χ0) is 20.8. The van der Waals surface area contributed by atoms with E-state index in [1.54, 1.807) is 31.2 Å². The number of tetrazole rings is 1.